The number of furan rings is 1. The SMILES string of the molecule is Cc1oc2ccc(COc3cccnc3C(F)(F)F)cc2c1C(=O)O. The van der Waals surface area contributed by atoms with E-state index in [9.17, 15) is 23.1 Å². The Labute approximate surface area is 139 Å². The summed E-state index contributed by atoms with van der Waals surface area (Å²) in [6, 6.07) is 7.20. The van der Waals surface area contributed by atoms with Gasteiger partial charge in [0.2, 0.25) is 0 Å². The molecule has 0 radical (unpaired) electrons. The van der Waals surface area contributed by atoms with Gasteiger partial charge in [0, 0.05) is 11.6 Å². The molecule has 0 unspecified atom stereocenters. The Kier molecular flexibility index (Phi) is 4.12. The number of nitrogens with zero attached hydrogens (tertiary/aromatic N) is 1. The molecule has 0 fully saturated rings. The lowest BCUT2D eigenvalue weighted by atomic mass is 10.1. The fourth-order valence-electron chi connectivity index (χ4n) is 2.50. The molecule has 2 heterocycles. The molecule has 8 heteroatoms. The van der Waals surface area contributed by atoms with Crippen LogP contribution >= 0.6 is 0 Å². The van der Waals surface area contributed by atoms with Gasteiger partial charge in [0.05, 0.1) is 0 Å². The van der Waals surface area contributed by atoms with Gasteiger partial charge in [-0.15, -0.1) is 0 Å². The lowest BCUT2D eigenvalue weighted by Gasteiger charge is -2.12. The number of carboxylic acids is 1. The average molecular weight is 351 g/mol. The second-order valence-corrected chi connectivity index (χ2v) is 5.31. The van der Waals surface area contributed by atoms with Gasteiger partial charge in [-0.05, 0) is 36.8 Å². The highest BCUT2D eigenvalue weighted by Crippen LogP contribution is 2.34. The molecule has 0 aliphatic rings. The molecule has 3 aromatic rings. The highest BCUT2D eigenvalue weighted by molar-refractivity contribution is 6.03. The summed E-state index contributed by atoms with van der Waals surface area (Å²) >= 11 is 0. The summed E-state index contributed by atoms with van der Waals surface area (Å²) in [5.74, 6) is -1.27. The number of carboxylic acid groups (broad SMARTS) is 1. The zero-order valence-electron chi connectivity index (χ0n) is 12.9. The molecular weight excluding hydrogens is 339 g/mol. The number of hydrogen-bond acceptors (Lipinski definition) is 4. The van der Waals surface area contributed by atoms with E-state index >= 15 is 0 Å². The van der Waals surface area contributed by atoms with E-state index in [4.69, 9.17) is 9.15 Å². The topological polar surface area (TPSA) is 72.6 Å². The van der Waals surface area contributed by atoms with Gasteiger partial charge in [-0.3, -0.25) is 0 Å². The lowest BCUT2D eigenvalue weighted by Crippen LogP contribution is -2.11. The number of aryl methyl sites for hydroxylation is 1. The first-order chi connectivity index (χ1) is 11.8. The second kappa shape index (κ2) is 6.12. The van der Waals surface area contributed by atoms with E-state index in [1.54, 1.807) is 12.1 Å². The molecule has 1 N–H and O–H groups in total. The van der Waals surface area contributed by atoms with Crippen molar-refractivity contribution in [2.75, 3.05) is 0 Å². The number of ether oxygens (including phenoxy) is 1. The summed E-state index contributed by atoms with van der Waals surface area (Å²) in [4.78, 5) is 14.6. The zero-order chi connectivity index (χ0) is 18.2. The van der Waals surface area contributed by atoms with Crippen LogP contribution < -0.4 is 4.74 Å². The van der Waals surface area contributed by atoms with Crippen LogP contribution in [0.15, 0.2) is 40.9 Å². The number of fused-ring (bicyclic) bond motifs is 1. The molecule has 25 heavy (non-hydrogen) atoms. The monoisotopic (exact) mass is 351 g/mol. The smallest absolute Gasteiger partial charge is 0.437 e. The van der Waals surface area contributed by atoms with Crippen molar-refractivity contribution in [1.82, 2.24) is 4.98 Å². The van der Waals surface area contributed by atoms with Crippen molar-refractivity contribution in [3.63, 3.8) is 0 Å². The molecule has 0 spiro atoms. The Morgan fingerprint density at radius 1 is 1.32 bits per heavy atom. The Hall–Kier alpha value is -3.03. The van der Waals surface area contributed by atoms with E-state index in [-0.39, 0.29) is 17.9 Å². The molecule has 0 aliphatic carbocycles. The Morgan fingerprint density at radius 3 is 2.76 bits per heavy atom. The molecule has 0 atom stereocenters. The number of aromatic nitrogens is 1. The first-order valence-corrected chi connectivity index (χ1v) is 7.17. The molecule has 0 aliphatic heterocycles. The van der Waals surface area contributed by atoms with Crippen molar-refractivity contribution in [2.45, 2.75) is 19.7 Å². The number of hydrogen-bond donors (Lipinski definition) is 1. The number of aromatic carboxylic acids is 1. The standard InChI is InChI=1S/C17H12F3NO4/c1-9-14(16(22)23)11-7-10(4-5-12(11)25-9)8-24-13-3-2-6-21-15(13)17(18,19)20/h2-7H,8H2,1H3,(H,22,23). The fraction of sp³-hybridized carbons (Fsp3) is 0.176. The van der Waals surface area contributed by atoms with Crippen molar-refractivity contribution < 1.29 is 32.2 Å². The number of benzene rings is 1. The van der Waals surface area contributed by atoms with Crippen LogP contribution in [0.1, 0.15) is 27.4 Å². The van der Waals surface area contributed by atoms with Gasteiger partial charge >= 0.3 is 12.1 Å². The maximum atomic E-state index is 12.9. The predicted octanol–water partition coefficient (Wildman–Crippen LogP) is 4.43. The molecule has 130 valence electrons. The molecule has 0 saturated carbocycles. The third kappa shape index (κ3) is 3.28. The van der Waals surface area contributed by atoms with Crippen LogP contribution in [0.3, 0.4) is 0 Å². The summed E-state index contributed by atoms with van der Waals surface area (Å²) in [5.41, 5.74) is -0.195. The van der Waals surface area contributed by atoms with Crippen molar-refractivity contribution in [3.8, 4) is 5.75 Å². The van der Waals surface area contributed by atoms with Crippen LogP contribution in [0.2, 0.25) is 0 Å². The van der Waals surface area contributed by atoms with E-state index in [2.05, 4.69) is 4.98 Å². The largest absolute Gasteiger partial charge is 0.487 e. The van der Waals surface area contributed by atoms with Crippen molar-refractivity contribution in [2.24, 2.45) is 0 Å². The van der Waals surface area contributed by atoms with Crippen LogP contribution in [0.4, 0.5) is 13.2 Å². The highest BCUT2D eigenvalue weighted by Gasteiger charge is 2.36. The first-order valence-electron chi connectivity index (χ1n) is 7.17. The maximum Gasteiger partial charge on any atom is 0.437 e. The van der Waals surface area contributed by atoms with Crippen LogP contribution in [-0.2, 0) is 12.8 Å². The van der Waals surface area contributed by atoms with Crippen molar-refractivity contribution in [1.29, 1.82) is 0 Å². The molecule has 0 bridgehead atoms. The van der Waals surface area contributed by atoms with Crippen molar-refractivity contribution >= 4 is 16.9 Å². The molecule has 0 saturated heterocycles. The van der Waals surface area contributed by atoms with Gasteiger partial charge < -0.3 is 14.3 Å². The number of pyridine rings is 1. The molecule has 3 rings (SSSR count). The average Bonchev–Trinajstić information content (AvgIpc) is 2.87. The minimum atomic E-state index is -4.63. The number of rotatable bonds is 4. The van der Waals surface area contributed by atoms with Crippen LogP contribution in [-0.4, -0.2) is 16.1 Å². The molecule has 5 nitrogen and oxygen atoms in total. The summed E-state index contributed by atoms with van der Waals surface area (Å²) in [6.45, 7) is 1.36. The molecule has 1 aromatic carbocycles. The van der Waals surface area contributed by atoms with Crippen LogP contribution in [0.5, 0.6) is 5.75 Å². The van der Waals surface area contributed by atoms with Gasteiger partial charge in [-0.2, -0.15) is 13.2 Å². The van der Waals surface area contributed by atoms with Gasteiger partial charge in [-0.1, -0.05) is 6.07 Å². The quantitative estimate of drug-likeness (QED) is 0.753. The Bertz CT molecular complexity index is 947. The third-order valence-corrected chi connectivity index (χ3v) is 3.58. The van der Waals surface area contributed by atoms with E-state index in [0.717, 1.165) is 6.20 Å². The predicted molar refractivity (Wildman–Crippen MR) is 81.5 cm³/mol. The van der Waals surface area contributed by atoms with E-state index in [1.807, 2.05) is 0 Å². The zero-order valence-corrected chi connectivity index (χ0v) is 12.9. The summed E-state index contributed by atoms with van der Waals surface area (Å²) in [7, 11) is 0. The number of carbonyl (C=O) groups is 1. The molecule has 0 amide bonds. The number of alkyl halides is 3. The normalized spacial score (nSPS) is 11.7. The summed E-state index contributed by atoms with van der Waals surface area (Å²) in [5, 5.41) is 9.62. The van der Waals surface area contributed by atoms with E-state index < -0.39 is 23.6 Å². The second-order valence-electron chi connectivity index (χ2n) is 5.31. The van der Waals surface area contributed by atoms with Crippen molar-refractivity contribution in [3.05, 3.63) is 59.1 Å². The maximum absolute atomic E-state index is 12.9. The molecular formula is C17H12F3NO4. The summed E-state index contributed by atoms with van der Waals surface area (Å²) in [6.07, 6.45) is -3.59. The van der Waals surface area contributed by atoms with Crippen LogP contribution in [0.25, 0.3) is 11.0 Å². The lowest BCUT2D eigenvalue weighted by molar-refractivity contribution is -0.142. The highest BCUT2D eigenvalue weighted by atomic mass is 19.4. The Morgan fingerprint density at radius 2 is 2.08 bits per heavy atom. The minimum absolute atomic E-state index is 0.0224. The molecule has 2 aromatic heterocycles. The van der Waals surface area contributed by atoms with E-state index in [1.165, 1.54) is 25.1 Å². The third-order valence-electron chi connectivity index (χ3n) is 3.58. The van der Waals surface area contributed by atoms with Crippen LogP contribution in [0, 0.1) is 6.92 Å². The van der Waals surface area contributed by atoms with Gasteiger partial charge in [0.15, 0.2) is 11.4 Å². The first kappa shape index (κ1) is 16.8. The minimum Gasteiger partial charge on any atom is -0.487 e. The fourth-order valence-corrected chi connectivity index (χ4v) is 2.50. The van der Waals surface area contributed by atoms with Gasteiger partial charge in [-0.25, -0.2) is 9.78 Å². The van der Waals surface area contributed by atoms with E-state index in [0.29, 0.717) is 16.5 Å². The number of halogens is 3. The Balaban J connectivity index is 1.90. The summed E-state index contributed by atoms with van der Waals surface area (Å²) < 4.78 is 49.3. The van der Waals surface area contributed by atoms with Gasteiger partial charge in [0.1, 0.15) is 23.5 Å². The van der Waals surface area contributed by atoms with Gasteiger partial charge in [0.25, 0.3) is 0 Å².